The topological polar surface area (TPSA) is 198 Å². The zero-order valence-electron chi connectivity index (χ0n) is 34.9. The highest BCUT2D eigenvalue weighted by molar-refractivity contribution is 8.01. The number of thioether (sulfide) groups is 2. The summed E-state index contributed by atoms with van der Waals surface area (Å²) in [5.41, 5.74) is 4.62. The van der Waals surface area contributed by atoms with Crippen LogP contribution in [0.5, 0.6) is 5.75 Å². The Morgan fingerprint density at radius 1 is 0.984 bits per heavy atom. The highest BCUT2D eigenvalue weighted by Gasteiger charge is 2.51. The first-order valence-corrected chi connectivity index (χ1v) is 23.0. The molecule has 3 aliphatic heterocycles. The van der Waals surface area contributed by atoms with Crippen molar-refractivity contribution in [2.75, 3.05) is 23.6 Å². The summed E-state index contributed by atoms with van der Waals surface area (Å²) < 4.78 is 5.30. The fraction of sp³-hybridized carbons (Fsp3) is 0.489. The highest BCUT2D eigenvalue weighted by atomic mass is 32.2. The number of benzene rings is 3. The molecule has 0 saturated carbocycles. The number of hydrogen-bond acceptors (Lipinski definition) is 10. The summed E-state index contributed by atoms with van der Waals surface area (Å²) in [4.78, 5) is 67.6. The number of hydrogen-bond donors (Lipinski definition) is 7. The number of aliphatic hydroxyl groups excluding tert-OH is 2. The summed E-state index contributed by atoms with van der Waals surface area (Å²) in [5, 5.41) is 37.7. The Morgan fingerprint density at radius 2 is 1.70 bits per heavy atom. The largest absolute Gasteiger partial charge is 0.483 e. The standard InChI is InChI=1S/C45H56N6O8S2/c1-25-18-29(46-35(53)17-11-10-16-34-38-32(23-60-34)48-44(58)50-38)19-26(2)40(25)59-22-36(54)47-31(20-27-12-6-5-7-13-27)39(55)43(57)51-24-61-45(3,4)41(51)42(56)49-37-30-15-9-8-14-28(30)21-33(37)52/h5-9,12-15,18-19,31-34,37-39,41,52,55H,10-11,16-17,20-24H2,1-4H3,(H,46,53)(H,47,54)(H,49,56)(H2,48,50,58). The van der Waals surface area contributed by atoms with E-state index >= 15 is 0 Å². The van der Waals surface area contributed by atoms with Gasteiger partial charge in [0.05, 0.1) is 36.1 Å². The van der Waals surface area contributed by atoms with Gasteiger partial charge < -0.3 is 46.4 Å². The van der Waals surface area contributed by atoms with Crippen LogP contribution >= 0.6 is 23.5 Å². The number of ether oxygens (including phenoxy) is 1. The fourth-order valence-corrected chi connectivity index (χ4v) is 11.7. The van der Waals surface area contributed by atoms with Gasteiger partial charge in [-0.25, -0.2) is 4.79 Å². The molecular weight excluding hydrogens is 817 g/mol. The van der Waals surface area contributed by atoms with Gasteiger partial charge in [-0.3, -0.25) is 19.2 Å². The van der Waals surface area contributed by atoms with Gasteiger partial charge in [0.1, 0.15) is 11.8 Å². The Hall–Kier alpha value is -4.77. The van der Waals surface area contributed by atoms with Crippen molar-refractivity contribution in [2.24, 2.45) is 0 Å². The van der Waals surface area contributed by atoms with Gasteiger partial charge in [-0.1, -0.05) is 61.0 Å². The van der Waals surface area contributed by atoms with Crippen LogP contribution in [0.4, 0.5) is 10.5 Å². The van der Waals surface area contributed by atoms with Gasteiger partial charge in [-0.2, -0.15) is 11.8 Å². The molecule has 61 heavy (non-hydrogen) atoms. The molecule has 4 aliphatic rings. The summed E-state index contributed by atoms with van der Waals surface area (Å²) in [7, 11) is 0. The predicted molar refractivity (Wildman–Crippen MR) is 236 cm³/mol. The van der Waals surface area contributed by atoms with Crippen molar-refractivity contribution in [3.63, 3.8) is 0 Å². The second kappa shape index (κ2) is 19.1. The van der Waals surface area contributed by atoms with Crippen molar-refractivity contribution in [3.05, 3.63) is 94.5 Å². The van der Waals surface area contributed by atoms with Crippen LogP contribution in [0, 0.1) is 13.8 Å². The molecule has 326 valence electrons. The lowest BCUT2D eigenvalue weighted by Crippen LogP contribution is -2.59. The lowest BCUT2D eigenvalue weighted by Gasteiger charge is -2.34. The third kappa shape index (κ3) is 10.3. The fourth-order valence-electron chi connectivity index (χ4n) is 8.98. The van der Waals surface area contributed by atoms with Gasteiger partial charge in [-0.05, 0) is 86.9 Å². The number of amides is 6. The van der Waals surface area contributed by atoms with Gasteiger partial charge in [0.15, 0.2) is 12.7 Å². The van der Waals surface area contributed by atoms with E-state index in [0.717, 1.165) is 41.7 Å². The van der Waals surface area contributed by atoms with Crippen molar-refractivity contribution < 1.29 is 38.9 Å². The molecule has 0 bridgehead atoms. The zero-order chi connectivity index (χ0) is 43.4. The summed E-state index contributed by atoms with van der Waals surface area (Å²) in [5.74, 6) is -0.252. The second-order valence-electron chi connectivity index (χ2n) is 17.0. The third-order valence-corrected chi connectivity index (χ3v) is 14.9. The molecular formula is C45H56N6O8S2. The first kappa shape index (κ1) is 44.3. The van der Waals surface area contributed by atoms with Crippen LogP contribution in [0.3, 0.4) is 0 Å². The van der Waals surface area contributed by atoms with E-state index in [9.17, 15) is 34.2 Å². The van der Waals surface area contributed by atoms with Crippen LogP contribution in [-0.4, -0.2) is 109 Å². The monoisotopic (exact) mass is 872 g/mol. The molecule has 16 heteroatoms. The van der Waals surface area contributed by atoms with E-state index < -0.39 is 59.4 Å². The molecule has 8 atom stereocenters. The van der Waals surface area contributed by atoms with Crippen LogP contribution in [0.1, 0.15) is 73.4 Å². The van der Waals surface area contributed by atoms with Crippen LogP contribution in [0.2, 0.25) is 0 Å². The predicted octanol–water partition coefficient (Wildman–Crippen LogP) is 3.89. The van der Waals surface area contributed by atoms with Gasteiger partial charge in [0, 0.05) is 34.3 Å². The van der Waals surface area contributed by atoms with Crippen molar-refractivity contribution >= 4 is 58.9 Å². The lowest BCUT2D eigenvalue weighted by molar-refractivity contribution is -0.148. The maximum atomic E-state index is 14.2. The number of carbonyl (C=O) groups is 5. The van der Waals surface area contributed by atoms with Crippen molar-refractivity contribution in [1.82, 2.24) is 26.2 Å². The minimum Gasteiger partial charge on any atom is -0.483 e. The molecule has 3 saturated heterocycles. The van der Waals surface area contributed by atoms with E-state index in [1.165, 1.54) is 16.7 Å². The number of unbranched alkanes of at least 4 members (excludes halogenated alkanes) is 1. The lowest BCUT2D eigenvalue weighted by atomic mass is 9.96. The summed E-state index contributed by atoms with van der Waals surface area (Å²) in [6.45, 7) is 7.00. The van der Waals surface area contributed by atoms with Crippen LogP contribution in [0.25, 0.3) is 0 Å². The summed E-state index contributed by atoms with van der Waals surface area (Å²) in [6.07, 6.45) is 0.936. The van der Waals surface area contributed by atoms with Gasteiger partial charge in [-0.15, -0.1) is 11.8 Å². The van der Waals surface area contributed by atoms with E-state index in [4.69, 9.17) is 4.74 Å². The normalized spacial score (nSPS) is 24.5. The Morgan fingerprint density at radius 3 is 2.46 bits per heavy atom. The summed E-state index contributed by atoms with van der Waals surface area (Å²) >= 11 is 3.28. The summed E-state index contributed by atoms with van der Waals surface area (Å²) in [6, 6.07) is 17.9. The average molecular weight is 873 g/mol. The maximum Gasteiger partial charge on any atom is 0.315 e. The van der Waals surface area contributed by atoms with Gasteiger partial charge in [0.25, 0.3) is 11.8 Å². The average Bonchev–Trinajstić information content (AvgIpc) is 3.96. The molecule has 7 N–H and O–H groups in total. The van der Waals surface area contributed by atoms with Crippen molar-refractivity contribution in [2.45, 2.75) is 119 Å². The Balaban J connectivity index is 0.946. The SMILES string of the molecule is Cc1cc(NC(=O)CCCCC2SCC3NC(=O)NC32)cc(C)c1OCC(=O)NC(Cc1ccccc1)C(O)C(=O)N1CSC(C)(C)C1C(=O)NC1c2ccccc2CC1O. The van der Waals surface area contributed by atoms with Crippen molar-refractivity contribution in [1.29, 1.82) is 0 Å². The van der Waals surface area contributed by atoms with Crippen LogP contribution < -0.4 is 31.3 Å². The number of anilines is 1. The quantitative estimate of drug-likeness (QED) is 0.0820. The number of rotatable bonds is 16. The number of nitrogens with zero attached hydrogens (tertiary/aromatic N) is 1. The highest BCUT2D eigenvalue weighted by Crippen LogP contribution is 2.41. The molecule has 7 rings (SSSR count). The Labute approximate surface area is 365 Å². The van der Waals surface area contributed by atoms with Crippen molar-refractivity contribution in [3.8, 4) is 5.75 Å². The molecule has 3 fully saturated rings. The second-order valence-corrected chi connectivity index (χ2v) is 19.9. The molecule has 3 heterocycles. The minimum absolute atomic E-state index is 0.0985. The van der Waals surface area contributed by atoms with Gasteiger partial charge in [0.2, 0.25) is 11.8 Å². The zero-order valence-corrected chi connectivity index (χ0v) is 36.6. The number of aryl methyl sites for hydroxylation is 2. The molecule has 3 aromatic carbocycles. The van der Waals surface area contributed by atoms with E-state index in [1.54, 1.807) is 12.1 Å². The molecule has 14 nitrogen and oxygen atoms in total. The number of aliphatic hydroxyl groups is 2. The molecule has 1 aliphatic carbocycles. The molecule has 0 spiro atoms. The minimum atomic E-state index is -1.70. The first-order chi connectivity index (χ1) is 29.2. The van der Waals surface area contributed by atoms with Gasteiger partial charge >= 0.3 is 6.03 Å². The van der Waals surface area contributed by atoms with Crippen LogP contribution in [0.15, 0.2) is 66.7 Å². The number of carbonyl (C=O) groups excluding carboxylic acids is 5. The molecule has 6 amide bonds. The molecule has 8 unspecified atom stereocenters. The Bertz CT molecular complexity index is 2100. The molecule has 3 aromatic rings. The first-order valence-electron chi connectivity index (χ1n) is 20.9. The van der Waals surface area contributed by atoms with E-state index in [0.29, 0.717) is 40.7 Å². The van der Waals surface area contributed by atoms with Crippen LogP contribution in [-0.2, 0) is 32.0 Å². The van der Waals surface area contributed by atoms with E-state index in [2.05, 4.69) is 26.6 Å². The number of nitrogens with one attached hydrogen (secondary N) is 5. The smallest absolute Gasteiger partial charge is 0.315 e. The molecule has 0 radical (unpaired) electrons. The number of fused-ring (bicyclic) bond motifs is 2. The number of urea groups is 1. The Kier molecular flexibility index (Phi) is 13.9. The van der Waals surface area contributed by atoms with E-state index in [1.807, 2.05) is 94.1 Å². The van der Waals surface area contributed by atoms with E-state index in [-0.39, 0.29) is 36.3 Å². The third-order valence-electron chi connectivity index (χ3n) is 12.0. The molecule has 0 aromatic heterocycles. The maximum absolute atomic E-state index is 14.2.